The second-order valence-electron chi connectivity index (χ2n) is 12.8. The van der Waals surface area contributed by atoms with Gasteiger partial charge in [0.1, 0.15) is 0 Å². The van der Waals surface area contributed by atoms with Gasteiger partial charge in [0.25, 0.3) is 0 Å². The van der Waals surface area contributed by atoms with Crippen LogP contribution in [0.25, 0.3) is 22.5 Å². The van der Waals surface area contributed by atoms with Crippen LogP contribution in [0, 0.1) is 0 Å². The number of hydrogen-bond donors (Lipinski definition) is 0. The van der Waals surface area contributed by atoms with Crippen LogP contribution in [0.1, 0.15) is 24.0 Å². The highest BCUT2D eigenvalue weighted by Gasteiger charge is 2.26. The Morgan fingerprint density at radius 3 is 1.48 bits per heavy atom. The minimum atomic E-state index is 0. The van der Waals surface area contributed by atoms with E-state index in [9.17, 15) is 0 Å². The lowest BCUT2D eigenvalue weighted by molar-refractivity contribution is 0.201. The summed E-state index contributed by atoms with van der Waals surface area (Å²) in [6, 6.07) is 25.6. The molecule has 1 fully saturated rings. The van der Waals surface area contributed by atoms with Crippen molar-refractivity contribution in [3.05, 3.63) is 96.3 Å². The molecule has 3 aromatic carbocycles. The van der Waals surface area contributed by atoms with E-state index in [0.29, 0.717) is 40.5 Å². The maximum absolute atomic E-state index is 5.63. The van der Waals surface area contributed by atoms with Crippen LogP contribution in [-0.2, 0) is 13.1 Å². The molecule has 1 aliphatic rings. The monoisotopic (exact) mass is 844 g/mol. The number of hydrogen-bond acceptors (Lipinski definition) is 11. The van der Waals surface area contributed by atoms with Gasteiger partial charge >= 0.3 is 0 Å². The van der Waals surface area contributed by atoms with E-state index in [0.717, 1.165) is 61.5 Å². The second kappa shape index (κ2) is 21.9. The zero-order valence-corrected chi connectivity index (χ0v) is 36.0. The fourth-order valence-electron chi connectivity index (χ4n) is 6.97. The normalized spacial score (nSPS) is 12.6. The van der Waals surface area contributed by atoms with Crippen LogP contribution in [0.3, 0.4) is 0 Å². The summed E-state index contributed by atoms with van der Waals surface area (Å²) in [4.78, 5) is 15.8. The van der Waals surface area contributed by atoms with E-state index >= 15 is 0 Å². The van der Waals surface area contributed by atoms with Crippen LogP contribution in [0.5, 0.6) is 34.5 Å². The third-order valence-corrected chi connectivity index (χ3v) is 10.5. The molecule has 0 bridgehead atoms. The molecule has 0 unspecified atom stereocenters. The van der Waals surface area contributed by atoms with Crippen LogP contribution < -0.4 is 33.3 Å². The molecule has 0 spiro atoms. The summed E-state index contributed by atoms with van der Waals surface area (Å²) in [6.45, 7) is 3.57. The number of benzene rings is 3. The lowest BCUT2D eigenvalue weighted by atomic mass is 10.00. The Morgan fingerprint density at radius 2 is 1.05 bits per heavy atom. The molecule has 0 saturated carbocycles. The first kappa shape index (κ1) is 46.1. The third-order valence-electron chi connectivity index (χ3n) is 9.73. The first-order chi connectivity index (χ1) is 25.9. The molecule has 0 atom stereocenters. The topological polar surface area (TPSA) is 87.6 Å². The smallest absolute Gasteiger partial charge is 0.203 e. The number of ether oxygens (including phenoxy) is 6. The van der Waals surface area contributed by atoms with Gasteiger partial charge in [0.2, 0.25) is 11.5 Å². The molecule has 0 radical (unpaired) electrons. The molecular formula is C42H51Cl3N4O6S. The largest absolute Gasteiger partial charge is 0.493 e. The molecule has 14 heteroatoms. The van der Waals surface area contributed by atoms with Crippen LogP contribution >= 0.6 is 49.0 Å². The minimum Gasteiger partial charge on any atom is -0.493 e. The van der Waals surface area contributed by atoms with Crippen molar-refractivity contribution >= 4 is 54.7 Å². The van der Waals surface area contributed by atoms with E-state index in [1.165, 1.54) is 21.7 Å². The lowest BCUT2D eigenvalue weighted by Crippen LogP contribution is -2.44. The Morgan fingerprint density at radius 1 is 0.607 bits per heavy atom. The number of likely N-dealkylation sites (tertiary alicyclic amines) is 1. The molecule has 56 heavy (non-hydrogen) atoms. The Balaban J connectivity index is 0.00000280. The Bertz CT molecular complexity index is 1950. The summed E-state index contributed by atoms with van der Waals surface area (Å²) >= 11 is 1.76. The number of piperidine rings is 1. The number of aromatic nitrogens is 2. The van der Waals surface area contributed by atoms with Gasteiger partial charge in [0.15, 0.2) is 23.0 Å². The van der Waals surface area contributed by atoms with Gasteiger partial charge in [-0.25, -0.2) is 0 Å². The molecule has 5 aromatic rings. The average Bonchev–Trinajstić information content (AvgIpc) is 3.22. The maximum Gasteiger partial charge on any atom is 0.203 e. The van der Waals surface area contributed by atoms with Gasteiger partial charge < -0.3 is 33.3 Å². The molecule has 1 saturated heterocycles. The summed E-state index contributed by atoms with van der Waals surface area (Å²) in [5.74, 6) is 3.53. The van der Waals surface area contributed by atoms with Crippen molar-refractivity contribution in [2.45, 2.75) is 36.9 Å². The Kier molecular flexibility index (Phi) is 18.0. The van der Waals surface area contributed by atoms with Crippen molar-refractivity contribution in [2.24, 2.45) is 0 Å². The molecule has 302 valence electrons. The van der Waals surface area contributed by atoms with Gasteiger partial charge in [-0.15, -0.1) is 49.0 Å². The summed E-state index contributed by atoms with van der Waals surface area (Å²) in [6.07, 6.45) is 7.95. The minimum absolute atomic E-state index is 0. The van der Waals surface area contributed by atoms with Crippen LogP contribution in [0.2, 0.25) is 0 Å². The van der Waals surface area contributed by atoms with E-state index in [4.69, 9.17) is 33.4 Å². The van der Waals surface area contributed by atoms with Crippen molar-refractivity contribution in [1.29, 1.82) is 0 Å². The molecule has 3 heterocycles. The van der Waals surface area contributed by atoms with Gasteiger partial charge in [-0.2, -0.15) is 0 Å². The molecule has 10 nitrogen and oxygen atoms in total. The quantitative estimate of drug-likeness (QED) is 0.0945. The number of nitrogens with zero attached hydrogens (tertiary/aromatic N) is 4. The van der Waals surface area contributed by atoms with Crippen molar-refractivity contribution in [3.8, 4) is 57.0 Å². The second-order valence-corrected chi connectivity index (χ2v) is 13.6. The molecular weight excluding hydrogens is 795 g/mol. The molecule has 0 N–H and O–H groups in total. The average molecular weight is 846 g/mol. The SMILES string of the molecule is COc1cc(-c2cc(CN3CCC(N(Cc4ccnc(-c5cc(OC)c(OC)c(OC)c5)c4)c4ccc(SC)cc4)CC3)ccn2)cc(OC)c1OC.Cl.Cl.Cl. The van der Waals surface area contributed by atoms with E-state index in [1.807, 2.05) is 36.7 Å². The predicted molar refractivity (Wildman–Crippen MR) is 233 cm³/mol. The van der Waals surface area contributed by atoms with Gasteiger partial charge in [-0.1, -0.05) is 0 Å². The highest BCUT2D eigenvalue weighted by molar-refractivity contribution is 7.98. The predicted octanol–water partition coefficient (Wildman–Crippen LogP) is 9.52. The van der Waals surface area contributed by atoms with Gasteiger partial charge in [-0.3, -0.25) is 14.9 Å². The molecule has 0 amide bonds. The number of halogens is 3. The van der Waals surface area contributed by atoms with E-state index in [-0.39, 0.29) is 37.2 Å². The van der Waals surface area contributed by atoms with E-state index < -0.39 is 0 Å². The van der Waals surface area contributed by atoms with Gasteiger partial charge in [0.05, 0.1) is 54.0 Å². The Hall–Kier alpha value is -4.26. The summed E-state index contributed by atoms with van der Waals surface area (Å²) in [5.41, 5.74) is 7.12. The standard InChI is InChI=1S/C42H48N4O6S.3ClH/c1-47-37-22-30(23-38(48-2)41(37)51-5)35-20-28(12-16-43-35)26-45-18-14-33(15-19-45)46(32-8-10-34(53-7)11-9-32)27-29-13-17-44-36(21-29)31-24-39(49-3)42(52-6)40(25-31)50-4;;;/h8-13,16-17,20-25,33H,14-15,18-19,26-27H2,1-7H3;3*1H. The zero-order chi connectivity index (χ0) is 37.3. The van der Waals surface area contributed by atoms with Gasteiger partial charge in [0, 0.05) is 66.3 Å². The van der Waals surface area contributed by atoms with Crippen LogP contribution in [0.15, 0.2) is 90.1 Å². The first-order valence-electron chi connectivity index (χ1n) is 17.6. The molecule has 2 aromatic heterocycles. The maximum atomic E-state index is 5.63. The molecule has 1 aliphatic heterocycles. The van der Waals surface area contributed by atoms with Crippen LogP contribution in [-0.4, -0.2) is 82.9 Å². The number of thioether (sulfide) groups is 1. The fourth-order valence-corrected chi connectivity index (χ4v) is 7.38. The van der Waals surface area contributed by atoms with Crippen molar-refractivity contribution < 1.29 is 28.4 Å². The first-order valence-corrected chi connectivity index (χ1v) is 18.8. The van der Waals surface area contributed by atoms with Gasteiger partial charge in [-0.05, 0) is 103 Å². The highest BCUT2D eigenvalue weighted by atomic mass is 35.5. The fraction of sp³-hybridized carbons (Fsp3) is 0.333. The highest BCUT2D eigenvalue weighted by Crippen LogP contribution is 2.42. The lowest BCUT2D eigenvalue weighted by Gasteiger charge is -2.40. The number of rotatable bonds is 15. The number of methoxy groups -OCH3 is 6. The zero-order valence-electron chi connectivity index (χ0n) is 32.8. The summed E-state index contributed by atoms with van der Waals surface area (Å²) < 4.78 is 33.5. The Labute approximate surface area is 353 Å². The van der Waals surface area contributed by atoms with Crippen molar-refractivity contribution in [2.75, 3.05) is 66.9 Å². The molecule has 6 rings (SSSR count). The number of pyridine rings is 2. The third kappa shape index (κ3) is 10.6. The van der Waals surface area contributed by atoms with E-state index in [2.05, 4.69) is 69.6 Å². The van der Waals surface area contributed by atoms with Crippen molar-refractivity contribution in [3.63, 3.8) is 0 Å². The van der Waals surface area contributed by atoms with Crippen LogP contribution in [0.4, 0.5) is 5.69 Å². The summed E-state index contributed by atoms with van der Waals surface area (Å²) in [7, 11) is 9.72. The van der Waals surface area contributed by atoms with E-state index in [1.54, 1.807) is 54.4 Å². The molecule has 0 aliphatic carbocycles. The number of anilines is 1. The summed E-state index contributed by atoms with van der Waals surface area (Å²) in [5, 5.41) is 0. The van der Waals surface area contributed by atoms with Crippen molar-refractivity contribution in [1.82, 2.24) is 14.9 Å².